The van der Waals surface area contributed by atoms with Crippen LogP contribution in [-0.4, -0.2) is 47.6 Å². The average Bonchev–Trinajstić information content (AvgIpc) is 2.38. The molecule has 1 N–H and O–H groups in total. The molecule has 0 aliphatic heterocycles. The fraction of sp³-hybridized carbons (Fsp3) is 0.583. The molecule has 0 atom stereocenters. The summed E-state index contributed by atoms with van der Waals surface area (Å²) in [7, 11) is 1.31. The van der Waals surface area contributed by atoms with Crippen LogP contribution in [0.3, 0.4) is 0 Å². The predicted molar refractivity (Wildman–Crippen MR) is 67.6 cm³/mol. The molecule has 0 unspecified atom stereocenters. The van der Waals surface area contributed by atoms with Crippen molar-refractivity contribution in [1.29, 1.82) is 0 Å². The molecule has 0 saturated carbocycles. The lowest BCUT2D eigenvalue weighted by Crippen LogP contribution is -2.33. The van der Waals surface area contributed by atoms with E-state index in [1.54, 1.807) is 12.1 Å². The molecular formula is C12H19N3O3. The van der Waals surface area contributed by atoms with E-state index in [-0.39, 0.29) is 18.3 Å². The van der Waals surface area contributed by atoms with Gasteiger partial charge in [0.2, 0.25) is 0 Å². The highest BCUT2D eigenvalue weighted by atomic mass is 16.5. The van der Waals surface area contributed by atoms with Crippen molar-refractivity contribution < 1.29 is 14.6 Å². The third-order valence-corrected chi connectivity index (χ3v) is 2.52. The highest BCUT2D eigenvalue weighted by Gasteiger charge is 2.14. The summed E-state index contributed by atoms with van der Waals surface area (Å²) in [5.41, 5.74) is 0.187. The third-order valence-electron chi connectivity index (χ3n) is 2.52. The first-order valence-electron chi connectivity index (χ1n) is 5.89. The van der Waals surface area contributed by atoms with Gasteiger partial charge < -0.3 is 14.7 Å². The van der Waals surface area contributed by atoms with Crippen molar-refractivity contribution in [3.63, 3.8) is 0 Å². The molecule has 0 aliphatic carbocycles. The molecule has 1 rings (SSSR count). The Labute approximate surface area is 107 Å². The number of methoxy groups -OCH3 is 1. The van der Waals surface area contributed by atoms with Crippen LogP contribution < -0.4 is 4.90 Å². The van der Waals surface area contributed by atoms with E-state index in [9.17, 15) is 4.79 Å². The minimum absolute atomic E-state index is 0.136. The van der Waals surface area contributed by atoms with Gasteiger partial charge >= 0.3 is 5.97 Å². The molecule has 0 spiro atoms. The Morgan fingerprint density at radius 2 is 2.17 bits per heavy atom. The average molecular weight is 253 g/mol. The number of carbonyl (C=O) groups is 1. The van der Waals surface area contributed by atoms with Gasteiger partial charge in [-0.25, -0.2) is 4.79 Å². The smallest absolute Gasteiger partial charge is 0.358 e. The van der Waals surface area contributed by atoms with Gasteiger partial charge in [-0.1, -0.05) is 0 Å². The Morgan fingerprint density at radius 1 is 1.44 bits per heavy atom. The molecule has 18 heavy (non-hydrogen) atoms. The van der Waals surface area contributed by atoms with Gasteiger partial charge in [0.05, 0.1) is 7.11 Å². The molecule has 0 bridgehead atoms. The Kier molecular flexibility index (Phi) is 5.51. The van der Waals surface area contributed by atoms with Crippen LogP contribution in [0.2, 0.25) is 0 Å². The second-order valence-corrected chi connectivity index (χ2v) is 4.13. The van der Waals surface area contributed by atoms with E-state index in [1.165, 1.54) is 7.11 Å². The van der Waals surface area contributed by atoms with Crippen molar-refractivity contribution in [2.24, 2.45) is 0 Å². The maximum atomic E-state index is 11.2. The second kappa shape index (κ2) is 6.90. The number of hydrogen-bond donors (Lipinski definition) is 1. The summed E-state index contributed by atoms with van der Waals surface area (Å²) in [6.07, 6.45) is 0.665. The fourth-order valence-electron chi connectivity index (χ4n) is 1.57. The van der Waals surface area contributed by atoms with Gasteiger partial charge in [0.1, 0.15) is 0 Å². The van der Waals surface area contributed by atoms with Crippen LogP contribution in [0.4, 0.5) is 5.82 Å². The third kappa shape index (κ3) is 3.66. The summed E-state index contributed by atoms with van der Waals surface area (Å²) in [5, 5.41) is 16.7. The molecule has 0 saturated heterocycles. The minimum Gasteiger partial charge on any atom is -0.464 e. The van der Waals surface area contributed by atoms with Crippen LogP contribution in [-0.2, 0) is 4.74 Å². The van der Waals surface area contributed by atoms with Crippen LogP contribution in [0.25, 0.3) is 0 Å². The van der Waals surface area contributed by atoms with Gasteiger partial charge in [0.15, 0.2) is 11.5 Å². The van der Waals surface area contributed by atoms with Gasteiger partial charge in [-0.2, -0.15) is 0 Å². The molecule has 1 aromatic rings. The Balaban J connectivity index is 2.83. The van der Waals surface area contributed by atoms with Crippen molar-refractivity contribution in [1.82, 2.24) is 10.2 Å². The lowest BCUT2D eigenvalue weighted by Gasteiger charge is -2.27. The van der Waals surface area contributed by atoms with Crippen LogP contribution in [0.5, 0.6) is 0 Å². The van der Waals surface area contributed by atoms with Gasteiger partial charge in [-0.15, -0.1) is 10.2 Å². The van der Waals surface area contributed by atoms with Crippen LogP contribution in [0.15, 0.2) is 12.1 Å². The molecule has 0 radical (unpaired) electrons. The second-order valence-electron chi connectivity index (χ2n) is 4.13. The van der Waals surface area contributed by atoms with E-state index >= 15 is 0 Å². The number of aromatic nitrogens is 2. The molecule has 6 nitrogen and oxygen atoms in total. The molecule has 0 aliphatic rings. The van der Waals surface area contributed by atoms with E-state index < -0.39 is 5.97 Å². The van der Waals surface area contributed by atoms with Gasteiger partial charge in [-0.05, 0) is 32.4 Å². The molecule has 0 aromatic carbocycles. The summed E-state index contributed by atoms with van der Waals surface area (Å²) in [6.45, 7) is 4.90. The Morgan fingerprint density at radius 3 is 2.61 bits per heavy atom. The number of rotatable bonds is 6. The largest absolute Gasteiger partial charge is 0.464 e. The first-order chi connectivity index (χ1) is 8.60. The van der Waals surface area contributed by atoms with Crippen molar-refractivity contribution in [2.75, 3.05) is 25.2 Å². The van der Waals surface area contributed by atoms with Crippen LogP contribution in [0.1, 0.15) is 30.8 Å². The molecule has 1 heterocycles. The van der Waals surface area contributed by atoms with Gasteiger partial charge in [0.25, 0.3) is 0 Å². The maximum Gasteiger partial charge on any atom is 0.358 e. The highest BCUT2D eigenvalue weighted by Crippen LogP contribution is 2.13. The van der Waals surface area contributed by atoms with Gasteiger partial charge in [0, 0.05) is 19.2 Å². The maximum absolute atomic E-state index is 11.2. The zero-order chi connectivity index (χ0) is 13.5. The number of hydrogen-bond acceptors (Lipinski definition) is 6. The summed E-state index contributed by atoms with van der Waals surface area (Å²) in [5.74, 6) is 0.187. The minimum atomic E-state index is -0.500. The van der Waals surface area contributed by atoms with Crippen molar-refractivity contribution >= 4 is 11.8 Å². The Hall–Kier alpha value is -1.69. The van der Waals surface area contributed by atoms with E-state index in [4.69, 9.17) is 5.11 Å². The lowest BCUT2D eigenvalue weighted by molar-refractivity contribution is 0.0592. The highest BCUT2D eigenvalue weighted by molar-refractivity contribution is 5.86. The van der Waals surface area contributed by atoms with Crippen LogP contribution >= 0.6 is 0 Å². The summed E-state index contributed by atoms with van der Waals surface area (Å²) >= 11 is 0. The molecule has 0 fully saturated rings. The number of aliphatic hydroxyl groups is 1. The monoisotopic (exact) mass is 253 g/mol. The topological polar surface area (TPSA) is 75.5 Å². The quantitative estimate of drug-likeness (QED) is 0.758. The summed E-state index contributed by atoms with van der Waals surface area (Å²) in [4.78, 5) is 13.2. The van der Waals surface area contributed by atoms with E-state index in [0.29, 0.717) is 18.8 Å². The standard InChI is InChI=1S/C12H19N3O3/c1-9(2)15(7-4-8-16)11-6-5-10(13-14-11)12(17)18-3/h5-6,9,16H,4,7-8H2,1-3H3. The van der Waals surface area contributed by atoms with E-state index in [1.807, 2.05) is 18.7 Å². The molecule has 6 heteroatoms. The number of nitrogens with zero attached hydrogens (tertiary/aromatic N) is 3. The van der Waals surface area contributed by atoms with Crippen molar-refractivity contribution in [2.45, 2.75) is 26.3 Å². The summed E-state index contributed by atoms with van der Waals surface area (Å²) in [6, 6.07) is 3.56. The lowest BCUT2D eigenvalue weighted by atomic mass is 10.2. The zero-order valence-electron chi connectivity index (χ0n) is 11.0. The first-order valence-corrected chi connectivity index (χ1v) is 5.89. The fourth-order valence-corrected chi connectivity index (χ4v) is 1.57. The van der Waals surface area contributed by atoms with E-state index in [0.717, 1.165) is 0 Å². The molecule has 1 aromatic heterocycles. The number of esters is 1. The predicted octanol–water partition coefficient (Wildman–Crippen LogP) is 0.860. The molecule has 0 amide bonds. The zero-order valence-corrected chi connectivity index (χ0v) is 11.0. The number of anilines is 1. The number of aliphatic hydroxyl groups excluding tert-OH is 1. The first kappa shape index (κ1) is 14.4. The summed E-state index contributed by atoms with van der Waals surface area (Å²) < 4.78 is 4.56. The normalized spacial score (nSPS) is 10.5. The number of carbonyl (C=O) groups excluding carboxylic acids is 1. The van der Waals surface area contributed by atoms with Gasteiger partial charge in [-0.3, -0.25) is 0 Å². The Bertz CT molecular complexity index is 379. The molecular weight excluding hydrogens is 234 g/mol. The van der Waals surface area contributed by atoms with Crippen molar-refractivity contribution in [3.8, 4) is 0 Å². The van der Waals surface area contributed by atoms with E-state index in [2.05, 4.69) is 14.9 Å². The van der Waals surface area contributed by atoms with Crippen LogP contribution in [0, 0.1) is 0 Å². The molecule has 100 valence electrons. The SMILES string of the molecule is COC(=O)c1ccc(N(CCCO)C(C)C)nn1. The van der Waals surface area contributed by atoms with Crippen molar-refractivity contribution in [3.05, 3.63) is 17.8 Å². The number of ether oxygens (including phenoxy) is 1.